The van der Waals surface area contributed by atoms with E-state index >= 15 is 0 Å². The molecule has 0 aliphatic heterocycles. The van der Waals surface area contributed by atoms with Crippen LogP contribution in [0.2, 0.25) is 0 Å². The monoisotopic (exact) mass is 278 g/mol. The Morgan fingerprint density at radius 3 is 2.74 bits per heavy atom. The average Bonchev–Trinajstić information content (AvgIpc) is 2.88. The molecule has 98 valence electrons. The smallest absolute Gasteiger partial charge is 0.195 e. The molecule has 2 rings (SSSR count). The van der Waals surface area contributed by atoms with E-state index in [1.807, 2.05) is 13.0 Å². The number of carbonyl (C=O) groups is 1. The van der Waals surface area contributed by atoms with Gasteiger partial charge < -0.3 is 0 Å². The van der Waals surface area contributed by atoms with E-state index < -0.39 is 11.6 Å². The highest BCUT2D eigenvalue weighted by Crippen LogP contribution is 2.18. The number of allylic oxidation sites excluding steroid dienone is 1. The first kappa shape index (κ1) is 13.6. The molecule has 0 saturated heterocycles. The second-order valence-corrected chi connectivity index (χ2v) is 5.15. The van der Waals surface area contributed by atoms with Crippen LogP contribution >= 0.6 is 11.3 Å². The fourth-order valence-corrected chi connectivity index (χ4v) is 2.46. The van der Waals surface area contributed by atoms with Gasteiger partial charge in [0, 0.05) is 10.4 Å². The fraction of sp³-hybridized carbons (Fsp3) is 0.133. The number of aryl methyl sites for hydroxylation is 1. The van der Waals surface area contributed by atoms with Crippen molar-refractivity contribution >= 4 is 23.2 Å². The summed E-state index contributed by atoms with van der Waals surface area (Å²) in [5.41, 5.74) is 0.0700. The maximum atomic E-state index is 13.4. The molecule has 0 N–H and O–H groups in total. The Hall–Kier alpha value is -1.81. The molecule has 1 nitrogen and oxygen atoms in total. The minimum absolute atomic E-state index is 0.0700. The summed E-state index contributed by atoms with van der Waals surface area (Å²) < 4.78 is 26.3. The normalized spacial score (nSPS) is 11.1. The molecular weight excluding hydrogens is 266 g/mol. The Morgan fingerprint density at radius 1 is 1.26 bits per heavy atom. The van der Waals surface area contributed by atoms with Crippen molar-refractivity contribution in [2.75, 3.05) is 0 Å². The first-order valence-electron chi connectivity index (χ1n) is 5.86. The highest BCUT2D eigenvalue weighted by atomic mass is 32.1. The number of hydrogen-bond acceptors (Lipinski definition) is 2. The largest absolute Gasteiger partial charge is 0.288 e. The first-order valence-corrected chi connectivity index (χ1v) is 6.68. The Kier molecular flexibility index (Phi) is 4.22. The van der Waals surface area contributed by atoms with E-state index in [-0.39, 0.29) is 11.3 Å². The van der Waals surface area contributed by atoms with E-state index in [0.717, 1.165) is 29.5 Å². The molecule has 4 heteroatoms. The van der Waals surface area contributed by atoms with Crippen LogP contribution < -0.4 is 0 Å². The van der Waals surface area contributed by atoms with Gasteiger partial charge in [-0.2, -0.15) is 0 Å². The molecule has 0 radical (unpaired) electrons. The van der Waals surface area contributed by atoms with E-state index in [1.54, 1.807) is 6.07 Å². The lowest BCUT2D eigenvalue weighted by molar-refractivity contribution is 0.105. The van der Waals surface area contributed by atoms with Crippen LogP contribution in [0.5, 0.6) is 0 Å². The highest BCUT2D eigenvalue weighted by Gasteiger charge is 2.06. The molecular formula is C15H12F2OS. The molecule has 0 aliphatic rings. The number of rotatable bonds is 4. The zero-order valence-corrected chi connectivity index (χ0v) is 11.1. The summed E-state index contributed by atoms with van der Waals surface area (Å²) in [6.07, 6.45) is 3.44. The van der Waals surface area contributed by atoms with Crippen LogP contribution in [0.4, 0.5) is 8.78 Å². The van der Waals surface area contributed by atoms with Gasteiger partial charge in [-0.05, 0) is 48.9 Å². The van der Waals surface area contributed by atoms with Gasteiger partial charge in [0.25, 0.3) is 0 Å². The standard InChI is InChI=1S/C15H12F2OS/c1-2-12-5-8-15(19-12)14(18)7-3-10-9-11(16)4-6-13(10)17/h3-9H,2H2,1H3/b7-3+. The molecule has 0 aliphatic carbocycles. The maximum Gasteiger partial charge on any atom is 0.195 e. The second kappa shape index (κ2) is 5.89. The van der Waals surface area contributed by atoms with Crippen molar-refractivity contribution in [3.8, 4) is 0 Å². The summed E-state index contributed by atoms with van der Waals surface area (Å²) in [6, 6.07) is 6.79. The zero-order valence-electron chi connectivity index (χ0n) is 10.3. The lowest BCUT2D eigenvalue weighted by Crippen LogP contribution is -1.90. The van der Waals surface area contributed by atoms with Crippen molar-refractivity contribution in [1.29, 1.82) is 0 Å². The van der Waals surface area contributed by atoms with Crippen LogP contribution in [0.25, 0.3) is 6.08 Å². The SMILES string of the molecule is CCc1ccc(C(=O)/C=C/c2cc(F)ccc2F)s1. The topological polar surface area (TPSA) is 17.1 Å². The van der Waals surface area contributed by atoms with Crippen LogP contribution in [0.15, 0.2) is 36.4 Å². The molecule has 0 saturated carbocycles. The van der Waals surface area contributed by atoms with Crippen molar-refractivity contribution in [3.05, 3.63) is 63.4 Å². The van der Waals surface area contributed by atoms with Crippen LogP contribution in [-0.4, -0.2) is 5.78 Å². The molecule has 0 amide bonds. The fourth-order valence-electron chi connectivity index (χ4n) is 1.59. The number of ketones is 1. The molecule has 0 unspecified atom stereocenters. The summed E-state index contributed by atoms with van der Waals surface area (Å²) in [4.78, 5) is 13.6. The molecule has 1 heterocycles. The lowest BCUT2D eigenvalue weighted by Gasteiger charge is -1.96. The third-order valence-corrected chi connectivity index (χ3v) is 3.87. The quantitative estimate of drug-likeness (QED) is 0.595. The third kappa shape index (κ3) is 3.35. The van der Waals surface area contributed by atoms with Crippen LogP contribution in [0.1, 0.15) is 27.0 Å². The summed E-state index contributed by atoms with van der Waals surface area (Å²) >= 11 is 1.41. The molecule has 0 spiro atoms. The van der Waals surface area contributed by atoms with Gasteiger partial charge in [-0.15, -0.1) is 11.3 Å². The van der Waals surface area contributed by atoms with Gasteiger partial charge in [0.1, 0.15) is 11.6 Å². The predicted octanol–water partition coefficient (Wildman–Crippen LogP) is 4.48. The maximum absolute atomic E-state index is 13.4. The van der Waals surface area contributed by atoms with Crippen LogP contribution in [0.3, 0.4) is 0 Å². The van der Waals surface area contributed by atoms with Gasteiger partial charge in [-0.25, -0.2) is 8.78 Å². The van der Waals surface area contributed by atoms with Gasteiger partial charge in [0.15, 0.2) is 5.78 Å². The molecule has 1 aromatic heterocycles. The van der Waals surface area contributed by atoms with Crippen LogP contribution in [-0.2, 0) is 6.42 Å². The Labute approximate surface area is 114 Å². The van der Waals surface area contributed by atoms with Gasteiger partial charge >= 0.3 is 0 Å². The number of halogens is 2. The number of thiophene rings is 1. The zero-order chi connectivity index (χ0) is 13.8. The second-order valence-electron chi connectivity index (χ2n) is 3.98. The Bertz CT molecular complexity index is 629. The molecule has 1 aromatic carbocycles. The summed E-state index contributed by atoms with van der Waals surface area (Å²) in [5.74, 6) is -1.28. The first-order chi connectivity index (χ1) is 9.10. The van der Waals surface area contributed by atoms with Gasteiger partial charge in [-0.1, -0.05) is 6.92 Å². The Morgan fingerprint density at radius 2 is 2.05 bits per heavy atom. The average molecular weight is 278 g/mol. The number of hydrogen-bond donors (Lipinski definition) is 0. The summed E-state index contributed by atoms with van der Waals surface area (Å²) in [7, 11) is 0. The predicted molar refractivity (Wildman–Crippen MR) is 73.4 cm³/mol. The number of carbonyl (C=O) groups excluding carboxylic acids is 1. The molecule has 2 aromatic rings. The summed E-state index contributed by atoms with van der Waals surface area (Å²) in [5, 5.41) is 0. The minimum atomic E-state index is -0.550. The minimum Gasteiger partial charge on any atom is -0.288 e. The van der Waals surface area contributed by atoms with Crippen LogP contribution in [0, 0.1) is 11.6 Å². The van der Waals surface area contributed by atoms with E-state index in [1.165, 1.54) is 23.5 Å². The summed E-state index contributed by atoms with van der Waals surface area (Å²) in [6.45, 7) is 2.01. The van der Waals surface area contributed by atoms with E-state index in [0.29, 0.717) is 4.88 Å². The number of benzene rings is 1. The van der Waals surface area contributed by atoms with Gasteiger partial charge in [0.2, 0.25) is 0 Å². The van der Waals surface area contributed by atoms with Crippen molar-refractivity contribution < 1.29 is 13.6 Å². The van der Waals surface area contributed by atoms with Crippen molar-refractivity contribution in [3.63, 3.8) is 0 Å². The molecule has 0 bridgehead atoms. The molecule has 0 atom stereocenters. The molecule has 0 fully saturated rings. The van der Waals surface area contributed by atoms with E-state index in [2.05, 4.69) is 0 Å². The van der Waals surface area contributed by atoms with Gasteiger partial charge in [-0.3, -0.25) is 4.79 Å². The molecule has 19 heavy (non-hydrogen) atoms. The Balaban J connectivity index is 2.18. The van der Waals surface area contributed by atoms with E-state index in [9.17, 15) is 13.6 Å². The van der Waals surface area contributed by atoms with Crippen molar-refractivity contribution in [1.82, 2.24) is 0 Å². The van der Waals surface area contributed by atoms with E-state index in [4.69, 9.17) is 0 Å². The van der Waals surface area contributed by atoms with Gasteiger partial charge in [0.05, 0.1) is 4.88 Å². The highest BCUT2D eigenvalue weighted by molar-refractivity contribution is 7.14. The third-order valence-electron chi connectivity index (χ3n) is 2.63. The van der Waals surface area contributed by atoms with Crippen molar-refractivity contribution in [2.45, 2.75) is 13.3 Å². The van der Waals surface area contributed by atoms with Crippen molar-refractivity contribution in [2.24, 2.45) is 0 Å². The lowest BCUT2D eigenvalue weighted by atomic mass is 10.1.